The number of benzene rings is 1. The van der Waals surface area contributed by atoms with Gasteiger partial charge in [-0.2, -0.15) is 0 Å². The second-order valence-electron chi connectivity index (χ2n) is 10.2. The number of hydroxylamine groups is 2. The highest BCUT2D eigenvalue weighted by Gasteiger charge is 2.26. The molecule has 0 saturated carbocycles. The molecule has 1 aromatic carbocycles. The summed E-state index contributed by atoms with van der Waals surface area (Å²) in [6.45, 7) is 14.3. The highest BCUT2D eigenvalue weighted by atomic mass is 28.3. The van der Waals surface area contributed by atoms with Crippen molar-refractivity contribution in [2.45, 2.75) is 84.5 Å². The van der Waals surface area contributed by atoms with Crippen LogP contribution in [-0.4, -0.2) is 55.9 Å². The number of hydrogen-bond donors (Lipinski definition) is 1. The second kappa shape index (κ2) is 13.3. The maximum atomic E-state index is 12.7. The number of carbonyl (C=O) groups excluding carboxylic acids is 3. The van der Waals surface area contributed by atoms with Crippen LogP contribution < -0.4 is 5.32 Å². The van der Waals surface area contributed by atoms with E-state index in [2.05, 4.69) is 25.0 Å². The topological polar surface area (TPSA) is 94.2 Å². The van der Waals surface area contributed by atoms with Gasteiger partial charge in [-0.05, 0) is 45.2 Å². The van der Waals surface area contributed by atoms with Gasteiger partial charge >= 0.3 is 12.1 Å². The zero-order valence-electron chi connectivity index (χ0n) is 21.1. The minimum Gasteiger partial charge on any atom is -0.459 e. The summed E-state index contributed by atoms with van der Waals surface area (Å²) in [5.74, 6) is -0.757. The Labute approximate surface area is 198 Å². The monoisotopic (exact) mass is 480 g/mol. The van der Waals surface area contributed by atoms with Crippen LogP contribution in [0.15, 0.2) is 30.3 Å². The fourth-order valence-electron chi connectivity index (χ4n) is 2.74. The smallest absolute Gasteiger partial charge is 0.408 e. The maximum Gasteiger partial charge on any atom is 0.408 e. The molecular weight excluding hydrogens is 440 g/mol. The standard InChI is InChI=1S/C24H40N2O6Si/c1-19(27)26(31-16-17-33(5,6)7)15-11-14-21(25-23(29)32-24(2,3)4)22(28)30-18-20-12-9-8-10-13-20/h8-10,12-13,21H,11,14-18H2,1-7H3,(H,25,29). The molecule has 1 N–H and O–H groups in total. The van der Waals surface area contributed by atoms with Crippen molar-refractivity contribution in [3.05, 3.63) is 35.9 Å². The maximum absolute atomic E-state index is 12.7. The molecule has 0 bridgehead atoms. The lowest BCUT2D eigenvalue weighted by molar-refractivity contribution is -0.182. The van der Waals surface area contributed by atoms with Gasteiger partial charge in [0.1, 0.15) is 18.2 Å². The number of nitrogens with zero attached hydrogens (tertiary/aromatic N) is 1. The van der Waals surface area contributed by atoms with Crippen LogP contribution in [-0.2, 0) is 30.5 Å². The first-order chi connectivity index (χ1) is 15.3. The van der Waals surface area contributed by atoms with E-state index in [1.165, 1.54) is 12.0 Å². The van der Waals surface area contributed by atoms with E-state index in [0.717, 1.165) is 11.6 Å². The largest absolute Gasteiger partial charge is 0.459 e. The van der Waals surface area contributed by atoms with Crippen molar-refractivity contribution in [1.29, 1.82) is 0 Å². The molecule has 0 aliphatic carbocycles. The molecule has 0 saturated heterocycles. The van der Waals surface area contributed by atoms with Gasteiger partial charge in [0.05, 0.1) is 6.61 Å². The normalized spacial score (nSPS) is 12.6. The number of alkyl carbamates (subject to hydrolysis) is 1. The molecule has 1 rings (SSSR count). The van der Waals surface area contributed by atoms with Crippen molar-refractivity contribution < 1.29 is 28.7 Å². The third kappa shape index (κ3) is 13.7. The number of rotatable bonds is 12. The minimum absolute atomic E-state index is 0.103. The highest BCUT2D eigenvalue weighted by molar-refractivity contribution is 6.76. The second-order valence-corrected chi connectivity index (χ2v) is 15.8. The van der Waals surface area contributed by atoms with Gasteiger partial charge in [0.25, 0.3) is 0 Å². The Hall–Kier alpha value is -2.39. The summed E-state index contributed by atoms with van der Waals surface area (Å²) in [5.41, 5.74) is 0.151. The van der Waals surface area contributed by atoms with Crippen LogP contribution in [0.4, 0.5) is 4.79 Å². The molecule has 0 radical (unpaired) electrons. The fourth-order valence-corrected chi connectivity index (χ4v) is 3.45. The first-order valence-electron chi connectivity index (χ1n) is 11.4. The Bertz CT molecular complexity index is 758. The Morgan fingerprint density at radius 1 is 1.09 bits per heavy atom. The molecule has 0 heterocycles. The molecule has 2 amide bonds. The van der Waals surface area contributed by atoms with Crippen molar-refractivity contribution in [3.8, 4) is 0 Å². The molecule has 33 heavy (non-hydrogen) atoms. The van der Waals surface area contributed by atoms with Crippen LogP contribution in [0.2, 0.25) is 25.7 Å². The van der Waals surface area contributed by atoms with E-state index in [1.807, 2.05) is 30.3 Å². The molecule has 1 atom stereocenters. The number of amides is 2. The average Bonchev–Trinajstić information content (AvgIpc) is 2.68. The molecule has 186 valence electrons. The summed E-state index contributed by atoms with van der Waals surface area (Å²) in [7, 11) is -1.28. The van der Waals surface area contributed by atoms with Crippen LogP contribution >= 0.6 is 0 Å². The molecule has 9 heteroatoms. The van der Waals surface area contributed by atoms with Gasteiger partial charge in [0.2, 0.25) is 5.91 Å². The summed E-state index contributed by atoms with van der Waals surface area (Å²) >= 11 is 0. The summed E-state index contributed by atoms with van der Waals surface area (Å²) in [5, 5.41) is 3.92. The fraction of sp³-hybridized carbons (Fsp3) is 0.625. The van der Waals surface area contributed by atoms with E-state index >= 15 is 0 Å². The molecular formula is C24H40N2O6Si. The van der Waals surface area contributed by atoms with E-state index in [1.54, 1.807) is 20.8 Å². The molecule has 0 aliphatic heterocycles. The van der Waals surface area contributed by atoms with Crippen LogP contribution in [0, 0.1) is 0 Å². The third-order valence-corrected chi connectivity index (χ3v) is 6.21. The van der Waals surface area contributed by atoms with Gasteiger partial charge in [-0.15, -0.1) is 0 Å². The molecule has 0 fully saturated rings. The number of nitrogens with one attached hydrogen (secondary N) is 1. The van der Waals surface area contributed by atoms with Crippen molar-refractivity contribution in [1.82, 2.24) is 10.4 Å². The summed E-state index contributed by atoms with van der Waals surface area (Å²) in [4.78, 5) is 42.6. The van der Waals surface area contributed by atoms with Gasteiger partial charge in [-0.3, -0.25) is 9.63 Å². The Morgan fingerprint density at radius 3 is 2.27 bits per heavy atom. The first-order valence-corrected chi connectivity index (χ1v) is 15.1. The zero-order valence-corrected chi connectivity index (χ0v) is 22.1. The zero-order chi connectivity index (χ0) is 25.1. The predicted molar refractivity (Wildman–Crippen MR) is 130 cm³/mol. The molecule has 0 aliphatic rings. The number of hydrogen-bond acceptors (Lipinski definition) is 6. The van der Waals surface area contributed by atoms with Crippen molar-refractivity contribution >= 4 is 26.0 Å². The van der Waals surface area contributed by atoms with Gasteiger partial charge in [-0.1, -0.05) is 50.0 Å². The summed E-state index contributed by atoms with van der Waals surface area (Å²) in [6.07, 6.45) is 0.0144. The lowest BCUT2D eigenvalue weighted by atomic mass is 10.1. The van der Waals surface area contributed by atoms with Gasteiger partial charge in [0.15, 0.2) is 0 Å². The lowest BCUT2D eigenvalue weighted by Crippen LogP contribution is -2.44. The van der Waals surface area contributed by atoms with E-state index < -0.39 is 31.8 Å². The Morgan fingerprint density at radius 2 is 1.73 bits per heavy atom. The summed E-state index contributed by atoms with van der Waals surface area (Å²) in [6, 6.07) is 9.34. The molecule has 0 spiro atoms. The van der Waals surface area contributed by atoms with Crippen molar-refractivity contribution in [3.63, 3.8) is 0 Å². The first kappa shape index (κ1) is 28.6. The predicted octanol–water partition coefficient (Wildman–Crippen LogP) is 4.52. The number of esters is 1. The highest BCUT2D eigenvalue weighted by Crippen LogP contribution is 2.12. The Balaban J connectivity index is 2.69. The Kier molecular flexibility index (Phi) is 11.6. The van der Waals surface area contributed by atoms with Crippen molar-refractivity contribution in [2.24, 2.45) is 0 Å². The van der Waals surface area contributed by atoms with Crippen LogP contribution in [0.5, 0.6) is 0 Å². The lowest BCUT2D eigenvalue weighted by Gasteiger charge is -2.25. The molecule has 1 aromatic rings. The van der Waals surface area contributed by atoms with Crippen LogP contribution in [0.3, 0.4) is 0 Å². The van der Waals surface area contributed by atoms with Gasteiger partial charge in [0, 0.05) is 21.5 Å². The van der Waals surface area contributed by atoms with E-state index in [-0.39, 0.29) is 18.9 Å². The van der Waals surface area contributed by atoms with Gasteiger partial charge < -0.3 is 14.8 Å². The molecule has 1 unspecified atom stereocenters. The number of carbonyl (C=O) groups is 3. The number of ether oxygens (including phenoxy) is 2. The van der Waals surface area contributed by atoms with Crippen LogP contribution in [0.1, 0.15) is 46.1 Å². The van der Waals surface area contributed by atoms with E-state index in [4.69, 9.17) is 14.3 Å². The van der Waals surface area contributed by atoms with Crippen LogP contribution in [0.25, 0.3) is 0 Å². The quantitative estimate of drug-likeness (QED) is 0.268. The van der Waals surface area contributed by atoms with E-state index in [0.29, 0.717) is 19.6 Å². The SMILES string of the molecule is CC(=O)N(CCCC(NC(=O)OC(C)(C)C)C(=O)OCc1ccccc1)OCC[Si](C)(C)C. The minimum atomic E-state index is -1.28. The molecule has 0 aromatic heterocycles. The van der Waals surface area contributed by atoms with Crippen molar-refractivity contribution in [2.75, 3.05) is 13.2 Å². The van der Waals surface area contributed by atoms with E-state index in [9.17, 15) is 14.4 Å². The average molecular weight is 481 g/mol. The summed E-state index contributed by atoms with van der Waals surface area (Å²) < 4.78 is 10.7. The van der Waals surface area contributed by atoms with Gasteiger partial charge in [-0.25, -0.2) is 14.7 Å². The third-order valence-electron chi connectivity index (χ3n) is 4.50. The molecule has 8 nitrogen and oxygen atoms in total.